The number of hydrogen-bond donors (Lipinski definition) is 1. The second-order valence-electron chi connectivity index (χ2n) is 3.93. The van der Waals surface area contributed by atoms with Gasteiger partial charge in [-0.05, 0) is 18.6 Å². The van der Waals surface area contributed by atoms with Gasteiger partial charge in [0.1, 0.15) is 12.0 Å². The minimum absolute atomic E-state index is 0.104. The topological polar surface area (TPSA) is 81.0 Å². The summed E-state index contributed by atoms with van der Waals surface area (Å²) in [7, 11) is 0. The summed E-state index contributed by atoms with van der Waals surface area (Å²) in [5.41, 5.74) is 1.58. The lowest BCUT2D eigenvalue weighted by atomic mass is 10.1. The van der Waals surface area contributed by atoms with Gasteiger partial charge in [-0.1, -0.05) is 12.1 Å². The Bertz CT molecular complexity index is 592. The zero-order valence-corrected chi connectivity index (χ0v) is 11.8. The molecule has 7 heteroatoms. The highest BCUT2D eigenvalue weighted by Gasteiger charge is 2.16. The minimum atomic E-state index is -0.364. The maximum atomic E-state index is 11.1. The molecule has 0 aliphatic carbocycles. The predicted octanol–water partition coefficient (Wildman–Crippen LogP) is 3.11. The van der Waals surface area contributed by atoms with E-state index >= 15 is 0 Å². The van der Waals surface area contributed by atoms with Crippen LogP contribution in [0, 0.1) is 10.1 Å². The van der Waals surface area contributed by atoms with Gasteiger partial charge >= 0.3 is 0 Å². The Morgan fingerprint density at radius 2 is 2.25 bits per heavy atom. The van der Waals surface area contributed by atoms with Crippen LogP contribution in [0.4, 0.5) is 11.4 Å². The fourth-order valence-electron chi connectivity index (χ4n) is 1.76. The van der Waals surface area contributed by atoms with Gasteiger partial charge in [0.15, 0.2) is 0 Å². The molecule has 0 unspecified atom stereocenters. The van der Waals surface area contributed by atoms with Crippen LogP contribution in [0.1, 0.15) is 12.5 Å². The summed E-state index contributed by atoms with van der Waals surface area (Å²) < 4.78 is 0. The molecule has 0 saturated carbocycles. The van der Waals surface area contributed by atoms with E-state index in [1.807, 2.05) is 19.1 Å². The Labute approximate surface area is 120 Å². The molecule has 2 aromatic rings. The summed E-state index contributed by atoms with van der Waals surface area (Å²) in [6.45, 7) is 2.55. The summed E-state index contributed by atoms with van der Waals surface area (Å²) in [4.78, 5) is 18.7. The molecule has 1 aromatic heterocycles. The van der Waals surface area contributed by atoms with Crippen molar-refractivity contribution in [3.05, 3.63) is 52.5 Å². The van der Waals surface area contributed by atoms with E-state index in [0.717, 1.165) is 10.6 Å². The lowest BCUT2D eigenvalue weighted by Gasteiger charge is -2.10. The summed E-state index contributed by atoms with van der Waals surface area (Å²) >= 11 is 1.52. The lowest BCUT2D eigenvalue weighted by Crippen LogP contribution is -2.04. The molecule has 0 amide bonds. The van der Waals surface area contributed by atoms with Crippen LogP contribution in [0.5, 0.6) is 0 Å². The molecule has 0 fully saturated rings. The van der Waals surface area contributed by atoms with Gasteiger partial charge in [0.2, 0.25) is 0 Å². The van der Waals surface area contributed by atoms with E-state index in [0.29, 0.717) is 18.0 Å². The minimum Gasteiger partial charge on any atom is -0.380 e. The second kappa shape index (κ2) is 6.85. The van der Waals surface area contributed by atoms with Gasteiger partial charge in [0.05, 0.1) is 9.95 Å². The third-order valence-electron chi connectivity index (χ3n) is 2.61. The molecule has 0 aliphatic heterocycles. The van der Waals surface area contributed by atoms with Gasteiger partial charge in [-0.2, -0.15) is 0 Å². The number of anilines is 1. The van der Waals surface area contributed by atoms with Crippen LogP contribution in [0.15, 0.2) is 41.8 Å². The predicted molar refractivity (Wildman–Crippen MR) is 78.9 cm³/mol. The van der Waals surface area contributed by atoms with Crippen molar-refractivity contribution in [1.29, 1.82) is 0 Å². The number of nitrogens with zero attached hydrogens (tertiary/aromatic N) is 3. The average Bonchev–Trinajstić information content (AvgIpc) is 2.47. The SMILES string of the molecule is CCNc1c(CSc2ccncn2)cccc1[N+](=O)[O-]. The number of aromatic nitrogens is 2. The first-order valence-corrected chi connectivity index (χ1v) is 7.10. The lowest BCUT2D eigenvalue weighted by molar-refractivity contribution is -0.384. The van der Waals surface area contributed by atoms with Crippen LogP contribution in [-0.4, -0.2) is 21.4 Å². The molecule has 20 heavy (non-hydrogen) atoms. The fraction of sp³-hybridized carbons (Fsp3) is 0.231. The number of rotatable bonds is 6. The smallest absolute Gasteiger partial charge is 0.292 e. The van der Waals surface area contributed by atoms with E-state index in [1.165, 1.54) is 24.2 Å². The summed E-state index contributed by atoms with van der Waals surface area (Å²) in [6, 6.07) is 6.92. The van der Waals surface area contributed by atoms with Gasteiger partial charge in [0, 0.05) is 24.6 Å². The Balaban J connectivity index is 2.22. The first-order valence-electron chi connectivity index (χ1n) is 6.11. The van der Waals surface area contributed by atoms with Crippen molar-refractivity contribution < 1.29 is 4.92 Å². The number of benzene rings is 1. The first-order chi connectivity index (χ1) is 9.72. The van der Waals surface area contributed by atoms with Gasteiger partial charge in [0.25, 0.3) is 5.69 Å². The van der Waals surface area contributed by atoms with E-state index in [9.17, 15) is 10.1 Å². The number of thioether (sulfide) groups is 1. The molecule has 1 aromatic carbocycles. The van der Waals surface area contributed by atoms with Crippen LogP contribution in [0.3, 0.4) is 0 Å². The molecule has 1 N–H and O–H groups in total. The summed E-state index contributed by atoms with van der Waals surface area (Å²) in [5.74, 6) is 0.612. The summed E-state index contributed by atoms with van der Waals surface area (Å²) in [6.07, 6.45) is 3.16. The van der Waals surface area contributed by atoms with Gasteiger partial charge < -0.3 is 5.32 Å². The van der Waals surface area contributed by atoms with Crippen LogP contribution >= 0.6 is 11.8 Å². The van der Waals surface area contributed by atoms with Crippen molar-refractivity contribution in [2.75, 3.05) is 11.9 Å². The van der Waals surface area contributed by atoms with Gasteiger partial charge in [-0.3, -0.25) is 10.1 Å². The number of nitro benzene ring substituents is 1. The van der Waals surface area contributed by atoms with Crippen molar-refractivity contribution in [1.82, 2.24) is 9.97 Å². The maximum absolute atomic E-state index is 11.1. The Morgan fingerprint density at radius 3 is 2.90 bits per heavy atom. The molecule has 6 nitrogen and oxygen atoms in total. The zero-order valence-electron chi connectivity index (χ0n) is 10.9. The summed E-state index contributed by atoms with van der Waals surface area (Å²) in [5, 5.41) is 15.0. The van der Waals surface area contributed by atoms with E-state index < -0.39 is 0 Å². The van der Waals surface area contributed by atoms with Crippen molar-refractivity contribution in [2.24, 2.45) is 0 Å². The molecule has 0 spiro atoms. The Kier molecular flexibility index (Phi) is 4.89. The molecule has 2 rings (SSSR count). The highest BCUT2D eigenvalue weighted by atomic mass is 32.2. The third-order valence-corrected chi connectivity index (χ3v) is 3.60. The average molecular weight is 290 g/mol. The number of hydrogen-bond acceptors (Lipinski definition) is 6. The highest BCUT2D eigenvalue weighted by molar-refractivity contribution is 7.98. The molecule has 1 heterocycles. The number of nitro groups is 1. The van der Waals surface area contributed by atoms with E-state index in [2.05, 4.69) is 15.3 Å². The molecule has 0 aliphatic rings. The molecule has 0 atom stereocenters. The van der Waals surface area contributed by atoms with Crippen LogP contribution in [-0.2, 0) is 5.75 Å². The molecule has 104 valence electrons. The molecule has 0 radical (unpaired) electrons. The molecular formula is C13H14N4O2S. The quantitative estimate of drug-likeness (QED) is 0.381. The zero-order chi connectivity index (χ0) is 14.4. The molecule has 0 bridgehead atoms. The fourth-order valence-corrected chi connectivity index (χ4v) is 2.58. The highest BCUT2D eigenvalue weighted by Crippen LogP contribution is 2.32. The van der Waals surface area contributed by atoms with E-state index in [4.69, 9.17) is 0 Å². The monoisotopic (exact) mass is 290 g/mol. The maximum Gasteiger partial charge on any atom is 0.292 e. The Hall–Kier alpha value is -2.15. The van der Waals surface area contributed by atoms with Crippen molar-refractivity contribution in [3.63, 3.8) is 0 Å². The molecular weight excluding hydrogens is 276 g/mol. The largest absolute Gasteiger partial charge is 0.380 e. The van der Waals surface area contributed by atoms with E-state index in [-0.39, 0.29) is 10.6 Å². The second-order valence-corrected chi connectivity index (χ2v) is 4.93. The number of para-hydroxylation sites is 1. The van der Waals surface area contributed by atoms with Crippen molar-refractivity contribution >= 4 is 23.1 Å². The van der Waals surface area contributed by atoms with Crippen molar-refractivity contribution in [2.45, 2.75) is 17.7 Å². The van der Waals surface area contributed by atoms with Crippen LogP contribution in [0.2, 0.25) is 0 Å². The standard InChI is InChI=1S/C13H14N4O2S/c1-2-15-13-10(4-3-5-11(13)17(18)19)8-20-12-6-7-14-9-16-12/h3-7,9,15H,2,8H2,1H3. The van der Waals surface area contributed by atoms with Crippen LogP contribution < -0.4 is 5.32 Å². The van der Waals surface area contributed by atoms with Crippen molar-refractivity contribution in [3.8, 4) is 0 Å². The Morgan fingerprint density at radius 1 is 1.40 bits per heavy atom. The van der Waals surface area contributed by atoms with Gasteiger partial charge in [-0.15, -0.1) is 11.8 Å². The van der Waals surface area contributed by atoms with Crippen LogP contribution in [0.25, 0.3) is 0 Å². The third kappa shape index (κ3) is 3.45. The molecule has 0 saturated heterocycles. The van der Waals surface area contributed by atoms with Gasteiger partial charge in [-0.25, -0.2) is 9.97 Å². The normalized spacial score (nSPS) is 10.2. The first kappa shape index (κ1) is 14.3. The van der Waals surface area contributed by atoms with E-state index in [1.54, 1.807) is 12.3 Å². The number of nitrogens with one attached hydrogen (secondary N) is 1.